The third-order valence-corrected chi connectivity index (χ3v) is 20.8. The van der Waals surface area contributed by atoms with Crippen LogP contribution < -0.4 is 20.7 Å². The van der Waals surface area contributed by atoms with Crippen LogP contribution in [0.1, 0.15) is 55.4 Å². The molecule has 0 aliphatic carbocycles. The van der Waals surface area contributed by atoms with E-state index in [2.05, 4.69) is 185 Å². The van der Waals surface area contributed by atoms with Crippen molar-refractivity contribution in [2.75, 3.05) is 0 Å². The van der Waals surface area contributed by atoms with Gasteiger partial charge >= 0.3 is 5.97 Å². The highest BCUT2D eigenvalue weighted by Crippen LogP contribution is 2.44. The molecule has 0 amide bonds. The first kappa shape index (κ1) is 36.7. The summed E-state index contributed by atoms with van der Waals surface area (Å²) >= 11 is 2.38. The van der Waals surface area contributed by atoms with E-state index in [0.29, 0.717) is 0 Å². The number of rotatable bonds is 9. The third kappa shape index (κ3) is 7.02. The van der Waals surface area contributed by atoms with E-state index >= 15 is 0 Å². The molecular formula is C40H49IO5Si2. The van der Waals surface area contributed by atoms with E-state index in [0.717, 1.165) is 0 Å². The summed E-state index contributed by atoms with van der Waals surface area (Å²) in [5.74, 6) is -0.385. The van der Waals surface area contributed by atoms with Crippen LogP contribution in [-0.4, -0.2) is 51.1 Å². The largest absolute Gasteiger partial charge is 0.435 e. The summed E-state index contributed by atoms with van der Waals surface area (Å²) in [4.78, 5) is 12.4. The van der Waals surface area contributed by atoms with E-state index in [1.807, 2.05) is 6.92 Å². The van der Waals surface area contributed by atoms with Gasteiger partial charge in [-0.3, -0.25) is 4.79 Å². The van der Waals surface area contributed by atoms with Crippen molar-refractivity contribution in [3.8, 4) is 0 Å². The molecule has 5 rings (SSSR count). The van der Waals surface area contributed by atoms with Gasteiger partial charge in [0, 0.05) is 6.92 Å². The summed E-state index contributed by atoms with van der Waals surface area (Å²) < 4.78 is 27.8. The first-order valence-corrected chi connectivity index (χ1v) is 21.8. The quantitative estimate of drug-likeness (QED) is 0.0793. The van der Waals surface area contributed by atoms with Crippen LogP contribution >= 0.6 is 22.6 Å². The average Bonchev–Trinajstić information content (AvgIpc) is 3.05. The number of halogens is 1. The number of hydrogen-bond donors (Lipinski definition) is 0. The number of hydrogen-bond acceptors (Lipinski definition) is 5. The zero-order valence-electron chi connectivity index (χ0n) is 29.4. The van der Waals surface area contributed by atoms with Crippen LogP contribution in [0.4, 0.5) is 0 Å². The number of carbonyl (C=O) groups excluding carboxylic acids is 1. The van der Waals surface area contributed by atoms with Crippen molar-refractivity contribution in [3.63, 3.8) is 0 Å². The van der Waals surface area contributed by atoms with Crippen LogP contribution in [0.3, 0.4) is 0 Å². The summed E-state index contributed by atoms with van der Waals surface area (Å²) in [5, 5.41) is 4.20. The van der Waals surface area contributed by atoms with Gasteiger partial charge in [-0.05, 0) is 37.7 Å². The maximum Gasteiger partial charge on any atom is 0.304 e. The minimum Gasteiger partial charge on any atom is -0.435 e. The van der Waals surface area contributed by atoms with E-state index in [1.165, 1.54) is 27.7 Å². The molecule has 5 nitrogen and oxygen atoms in total. The summed E-state index contributed by atoms with van der Waals surface area (Å²) in [6.45, 7) is 17.2. The molecule has 1 heterocycles. The molecule has 0 radical (unpaired) electrons. The van der Waals surface area contributed by atoms with Crippen LogP contribution in [0.5, 0.6) is 0 Å². The summed E-state index contributed by atoms with van der Waals surface area (Å²) in [7, 11) is -6.10. The Hall–Kier alpha value is -2.61. The zero-order valence-corrected chi connectivity index (χ0v) is 33.5. The Balaban J connectivity index is 1.76. The van der Waals surface area contributed by atoms with Crippen LogP contribution in [0.15, 0.2) is 121 Å². The van der Waals surface area contributed by atoms with Crippen LogP contribution in [0.25, 0.3) is 0 Å². The Morgan fingerprint density at radius 2 is 0.917 bits per heavy atom. The second kappa shape index (κ2) is 14.7. The van der Waals surface area contributed by atoms with Crippen molar-refractivity contribution in [3.05, 3.63) is 121 Å². The van der Waals surface area contributed by atoms with Gasteiger partial charge in [0.1, 0.15) is 3.92 Å². The number of carbonyl (C=O) groups is 1. The van der Waals surface area contributed by atoms with Crippen molar-refractivity contribution in [2.24, 2.45) is 0 Å². The maximum atomic E-state index is 12.4. The maximum absolute atomic E-state index is 12.4. The lowest BCUT2D eigenvalue weighted by Gasteiger charge is -2.53. The fraction of sp³-hybridized carbons (Fsp3) is 0.375. The molecule has 0 bridgehead atoms. The lowest BCUT2D eigenvalue weighted by atomic mass is 10.0. The van der Waals surface area contributed by atoms with Crippen molar-refractivity contribution >= 4 is 65.9 Å². The van der Waals surface area contributed by atoms with Gasteiger partial charge in [0.25, 0.3) is 16.6 Å². The van der Waals surface area contributed by atoms with Crippen molar-refractivity contribution in [1.29, 1.82) is 0 Å². The lowest BCUT2D eigenvalue weighted by Crippen LogP contribution is -2.74. The second-order valence-corrected chi connectivity index (χ2v) is 24.7. The first-order chi connectivity index (χ1) is 22.7. The van der Waals surface area contributed by atoms with Crippen LogP contribution in [0, 0.1) is 0 Å². The molecule has 48 heavy (non-hydrogen) atoms. The fourth-order valence-corrected chi connectivity index (χ4v) is 17.9. The van der Waals surface area contributed by atoms with Gasteiger partial charge in [-0.15, -0.1) is 0 Å². The number of ether oxygens (including phenoxy) is 2. The SMILES string of the molecule is CC(=O)O[C@@H]1O[C@@H](C)[C@@H](O[Si](c2ccccc2)(c2ccccc2)C(C)(C)C)[C@H](O[Si](c2ccccc2)(c2ccccc2)C(C)(C)C)[C@H]1I. The number of esters is 1. The second-order valence-electron chi connectivity index (χ2n) is 14.8. The van der Waals surface area contributed by atoms with Crippen LogP contribution in [0.2, 0.25) is 10.1 Å². The molecule has 254 valence electrons. The number of alkyl halides is 1. The Morgan fingerprint density at radius 1 is 0.604 bits per heavy atom. The summed E-state index contributed by atoms with van der Waals surface area (Å²) in [5.41, 5.74) is 0. The number of benzene rings is 4. The predicted molar refractivity (Wildman–Crippen MR) is 209 cm³/mol. The van der Waals surface area contributed by atoms with E-state index in [9.17, 15) is 4.79 Å². The normalized spacial score (nSPS) is 22.2. The Bertz CT molecular complexity index is 1550. The van der Waals surface area contributed by atoms with Crippen molar-refractivity contribution in [2.45, 2.75) is 94.0 Å². The highest BCUT2D eigenvalue weighted by molar-refractivity contribution is 14.1. The molecule has 1 saturated heterocycles. The van der Waals surface area contributed by atoms with Gasteiger partial charge < -0.3 is 18.3 Å². The molecule has 0 N–H and O–H groups in total. The van der Waals surface area contributed by atoms with Gasteiger partial charge in [-0.25, -0.2) is 0 Å². The smallest absolute Gasteiger partial charge is 0.304 e. The van der Waals surface area contributed by atoms with Crippen molar-refractivity contribution in [1.82, 2.24) is 0 Å². The van der Waals surface area contributed by atoms with E-state index in [4.69, 9.17) is 18.3 Å². The zero-order chi connectivity index (χ0) is 34.7. The molecule has 0 spiro atoms. The van der Waals surface area contributed by atoms with Gasteiger partial charge in [-0.2, -0.15) is 0 Å². The molecule has 4 aromatic rings. The monoisotopic (exact) mass is 792 g/mol. The summed E-state index contributed by atoms with van der Waals surface area (Å²) in [6, 6.07) is 42.7. The average molecular weight is 793 g/mol. The van der Waals surface area contributed by atoms with Gasteiger partial charge in [-0.1, -0.05) is 185 Å². The third-order valence-electron chi connectivity index (χ3n) is 9.45. The van der Waals surface area contributed by atoms with Crippen LogP contribution in [-0.2, 0) is 23.1 Å². The molecule has 0 saturated carbocycles. The van der Waals surface area contributed by atoms with Gasteiger partial charge in [0.2, 0.25) is 6.29 Å². The molecule has 0 aromatic heterocycles. The van der Waals surface area contributed by atoms with Gasteiger partial charge in [0.05, 0.1) is 18.3 Å². The molecule has 5 atom stereocenters. The summed E-state index contributed by atoms with van der Waals surface area (Å²) in [6.07, 6.45) is -2.19. The standard InChI is InChI=1S/C40H49IO5Si2/c1-29-36(45-47(39(3,4)5,31-21-13-9-14-22-31)32-23-15-10-16-24-32)37(35(41)38(43-29)44-30(2)42)46-48(40(6,7)8,33-25-17-11-18-26-33)34-27-19-12-20-28-34/h9-29,35-38H,1-8H3/t29-,35+,36+,37+,38-/m0/s1. The highest BCUT2D eigenvalue weighted by Gasteiger charge is 2.59. The van der Waals surface area contributed by atoms with Gasteiger partial charge in [0.15, 0.2) is 0 Å². The molecule has 0 unspecified atom stereocenters. The lowest BCUT2D eigenvalue weighted by molar-refractivity contribution is -0.228. The fourth-order valence-electron chi connectivity index (χ4n) is 7.31. The Morgan fingerprint density at radius 3 is 1.21 bits per heavy atom. The molecule has 1 aliphatic rings. The molecule has 1 aliphatic heterocycles. The molecule has 1 fully saturated rings. The van der Waals surface area contributed by atoms with E-state index in [1.54, 1.807) is 0 Å². The first-order valence-electron chi connectivity index (χ1n) is 16.8. The minimum absolute atomic E-state index is 0.259. The highest BCUT2D eigenvalue weighted by atomic mass is 127. The molecular weight excluding hydrogens is 744 g/mol. The van der Waals surface area contributed by atoms with Crippen molar-refractivity contribution < 1.29 is 23.1 Å². The predicted octanol–water partition coefficient (Wildman–Crippen LogP) is 6.99. The topological polar surface area (TPSA) is 54.0 Å². The molecule has 8 heteroatoms. The molecule has 4 aromatic carbocycles. The van der Waals surface area contributed by atoms with E-state index < -0.39 is 41.2 Å². The Kier molecular flexibility index (Phi) is 11.2. The Labute approximate surface area is 302 Å². The minimum atomic E-state index is -3.06. The van der Waals surface area contributed by atoms with E-state index in [-0.39, 0.29) is 20.0 Å².